The van der Waals surface area contributed by atoms with Crippen LogP contribution in [0.1, 0.15) is 13.8 Å². The van der Waals surface area contributed by atoms with Gasteiger partial charge in [-0.1, -0.05) is 16.9 Å². The van der Waals surface area contributed by atoms with Crippen LogP contribution in [0.5, 0.6) is 11.5 Å². The molecule has 2 aromatic heterocycles. The van der Waals surface area contributed by atoms with Crippen LogP contribution >= 0.6 is 11.8 Å². The Labute approximate surface area is 200 Å². The van der Waals surface area contributed by atoms with Crippen LogP contribution in [0.25, 0.3) is 23.1 Å². The van der Waals surface area contributed by atoms with Crippen LogP contribution < -0.4 is 14.8 Å². The minimum atomic E-state index is -0.152. The van der Waals surface area contributed by atoms with Gasteiger partial charge in [-0.2, -0.15) is 4.98 Å². The highest BCUT2D eigenvalue weighted by atomic mass is 32.2. The van der Waals surface area contributed by atoms with Crippen molar-refractivity contribution in [3.8, 4) is 34.6 Å². The minimum Gasteiger partial charge on any atom is -0.497 e. The summed E-state index contributed by atoms with van der Waals surface area (Å²) in [5.74, 6) is 2.66. The van der Waals surface area contributed by atoms with Gasteiger partial charge in [0.2, 0.25) is 17.6 Å². The molecule has 0 aliphatic rings. The van der Waals surface area contributed by atoms with Gasteiger partial charge >= 0.3 is 0 Å². The molecule has 176 valence electrons. The van der Waals surface area contributed by atoms with Crippen molar-refractivity contribution in [2.24, 2.45) is 0 Å². The third kappa shape index (κ3) is 5.37. The normalized spacial score (nSPS) is 10.8. The van der Waals surface area contributed by atoms with E-state index in [1.165, 1.54) is 11.8 Å². The summed E-state index contributed by atoms with van der Waals surface area (Å²) in [5.41, 5.74) is 1.49. The zero-order valence-corrected chi connectivity index (χ0v) is 19.8. The van der Waals surface area contributed by atoms with Gasteiger partial charge in [-0.05, 0) is 62.4 Å². The molecule has 1 N–H and O–H groups in total. The van der Waals surface area contributed by atoms with Crippen LogP contribution in [0, 0.1) is 0 Å². The molecule has 0 radical (unpaired) electrons. The van der Waals surface area contributed by atoms with Crippen LogP contribution in [-0.4, -0.2) is 50.3 Å². The molecule has 0 spiro atoms. The number of nitrogens with one attached hydrogen (secondary N) is 1. The van der Waals surface area contributed by atoms with Gasteiger partial charge in [0.25, 0.3) is 5.89 Å². The standard InChI is InChI=1S/C23H24N6O4S/c1-4-29-21(22-25-20(28-33-22)15-6-10-17(31-3)11-7-15)26-27-23(29)34-14-19(30)24-16-8-12-18(13-9-16)32-5-2/h6-13H,4-5,14H2,1-3H3,(H,24,30). The summed E-state index contributed by atoms with van der Waals surface area (Å²) in [5, 5.41) is 15.9. The fourth-order valence-corrected chi connectivity index (χ4v) is 3.94. The van der Waals surface area contributed by atoms with Crippen LogP contribution in [0.2, 0.25) is 0 Å². The van der Waals surface area contributed by atoms with Gasteiger partial charge < -0.3 is 19.3 Å². The number of benzene rings is 2. The van der Waals surface area contributed by atoms with Crippen LogP contribution in [0.15, 0.2) is 58.2 Å². The second-order valence-electron chi connectivity index (χ2n) is 7.00. The molecular formula is C23H24N6O4S. The third-order valence-corrected chi connectivity index (χ3v) is 5.75. The highest BCUT2D eigenvalue weighted by Crippen LogP contribution is 2.26. The molecule has 0 atom stereocenters. The number of ether oxygens (including phenoxy) is 2. The maximum Gasteiger partial charge on any atom is 0.296 e. The topological polar surface area (TPSA) is 117 Å². The Kier molecular flexibility index (Phi) is 7.43. The first-order chi connectivity index (χ1) is 16.6. The van der Waals surface area contributed by atoms with Gasteiger partial charge in [-0.3, -0.25) is 9.36 Å². The van der Waals surface area contributed by atoms with Gasteiger partial charge in [-0.15, -0.1) is 10.2 Å². The summed E-state index contributed by atoms with van der Waals surface area (Å²) in [6.45, 7) is 5.05. The SMILES string of the molecule is CCOc1ccc(NC(=O)CSc2nnc(-c3nc(-c4ccc(OC)cc4)no3)n2CC)cc1. The lowest BCUT2D eigenvalue weighted by molar-refractivity contribution is -0.113. The lowest BCUT2D eigenvalue weighted by atomic mass is 10.2. The number of amides is 1. The van der Waals surface area contributed by atoms with Crippen molar-refractivity contribution in [1.82, 2.24) is 24.9 Å². The van der Waals surface area contributed by atoms with Gasteiger partial charge in [0.1, 0.15) is 11.5 Å². The van der Waals surface area contributed by atoms with E-state index in [9.17, 15) is 4.79 Å². The molecule has 10 nitrogen and oxygen atoms in total. The first-order valence-electron chi connectivity index (χ1n) is 10.7. The summed E-state index contributed by atoms with van der Waals surface area (Å²) in [6, 6.07) is 14.6. The van der Waals surface area contributed by atoms with Gasteiger partial charge in [0.15, 0.2) is 5.16 Å². The number of carbonyl (C=O) groups is 1. The second kappa shape index (κ2) is 10.8. The van der Waals surface area contributed by atoms with E-state index in [0.717, 1.165) is 17.1 Å². The molecule has 0 aliphatic carbocycles. The monoisotopic (exact) mass is 480 g/mol. The molecule has 34 heavy (non-hydrogen) atoms. The highest BCUT2D eigenvalue weighted by Gasteiger charge is 2.20. The summed E-state index contributed by atoms with van der Waals surface area (Å²) < 4.78 is 17.9. The van der Waals surface area contributed by atoms with E-state index in [0.29, 0.717) is 35.6 Å². The summed E-state index contributed by atoms with van der Waals surface area (Å²) >= 11 is 1.28. The molecule has 0 aliphatic heterocycles. The summed E-state index contributed by atoms with van der Waals surface area (Å²) in [7, 11) is 1.61. The van der Waals surface area contributed by atoms with E-state index in [2.05, 4.69) is 25.7 Å². The Hall–Kier alpha value is -3.86. The van der Waals surface area contributed by atoms with Crippen molar-refractivity contribution in [2.75, 3.05) is 24.8 Å². The maximum absolute atomic E-state index is 12.4. The highest BCUT2D eigenvalue weighted by molar-refractivity contribution is 7.99. The largest absolute Gasteiger partial charge is 0.497 e. The average Bonchev–Trinajstić information content (AvgIpc) is 3.51. The molecule has 0 saturated carbocycles. The number of rotatable bonds is 10. The number of thioether (sulfide) groups is 1. The molecule has 0 unspecified atom stereocenters. The first-order valence-corrected chi connectivity index (χ1v) is 11.7. The summed E-state index contributed by atoms with van der Waals surface area (Å²) in [6.07, 6.45) is 0. The third-order valence-electron chi connectivity index (χ3n) is 4.78. The Morgan fingerprint density at radius 3 is 2.47 bits per heavy atom. The first kappa shape index (κ1) is 23.3. The van der Waals surface area contributed by atoms with Gasteiger partial charge in [-0.25, -0.2) is 0 Å². The Bertz CT molecular complexity index is 1240. The number of nitrogens with zero attached hydrogens (tertiary/aromatic N) is 5. The number of hydrogen-bond acceptors (Lipinski definition) is 9. The van der Waals surface area contributed by atoms with E-state index in [1.54, 1.807) is 19.2 Å². The fraction of sp³-hybridized carbons (Fsp3) is 0.261. The molecule has 2 heterocycles. The van der Waals surface area contributed by atoms with E-state index >= 15 is 0 Å². The van der Waals surface area contributed by atoms with Crippen molar-refractivity contribution >= 4 is 23.4 Å². The van der Waals surface area contributed by atoms with Crippen LogP contribution in [-0.2, 0) is 11.3 Å². The minimum absolute atomic E-state index is 0.152. The quantitative estimate of drug-likeness (QED) is 0.334. The van der Waals surface area contributed by atoms with E-state index < -0.39 is 0 Å². The van der Waals surface area contributed by atoms with Crippen molar-refractivity contribution in [3.63, 3.8) is 0 Å². The van der Waals surface area contributed by atoms with E-state index in [-0.39, 0.29) is 17.6 Å². The van der Waals surface area contributed by atoms with Gasteiger partial charge in [0, 0.05) is 17.8 Å². The molecular weight excluding hydrogens is 456 g/mol. The van der Waals surface area contributed by atoms with E-state index in [1.807, 2.05) is 54.8 Å². The smallest absolute Gasteiger partial charge is 0.296 e. The lowest BCUT2D eigenvalue weighted by Gasteiger charge is -2.07. The molecule has 0 saturated heterocycles. The number of hydrogen-bond donors (Lipinski definition) is 1. The lowest BCUT2D eigenvalue weighted by Crippen LogP contribution is -2.14. The molecule has 1 amide bonds. The summed E-state index contributed by atoms with van der Waals surface area (Å²) in [4.78, 5) is 16.9. The molecule has 0 fully saturated rings. The average molecular weight is 481 g/mol. The molecule has 2 aromatic carbocycles. The Balaban J connectivity index is 1.41. The van der Waals surface area contributed by atoms with E-state index in [4.69, 9.17) is 14.0 Å². The molecule has 4 rings (SSSR count). The second-order valence-corrected chi connectivity index (χ2v) is 7.94. The van der Waals surface area contributed by atoms with Crippen molar-refractivity contribution in [3.05, 3.63) is 48.5 Å². The number of aromatic nitrogens is 5. The predicted molar refractivity (Wildman–Crippen MR) is 128 cm³/mol. The Morgan fingerprint density at radius 2 is 1.79 bits per heavy atom. The Morgan fingerprint density at radius 1 is 1.06 bits per heavy atom. The van der Waals surface area contributed by atoms with Crippen molar-refractivity contribution < 1.29 is 18.8 Å². The van der Waals surface area contributed by atoms with Crippen molar-refractivity contribution in [2.45, 2.75) is 25.5 Å². The van der Waals surface area contributed by atoms with Gasteiger partial charge in [0.05, 0.1) is 19.5 Å². The molecule has 4 aromatic rings. The zero-order chi connectivity index (χ0) is 23.9. The fourth-order valence-electron chi connectivity index (χ4n) is 3.14. The molecule has 11 heteroatoms. The van der Waals surface area contributed by atoms with Crippen LogP contribution in [0.3, 0.4) is 0 Å². The number of methoxy groups -OCH3 is 1. The van der Waals surface area contributed by atoms with Crippen LogP contribution in [0.4, 0.5) is 5.69 Å². The number of carbonyl (C=O) groups excluding carboxylic acids is 1. The molecule has 0 bridgehead atoms. The maximum atomic E-state index is 12.4. The zero-order valence-electron chi connectivity index (χ0n) is 19.0. The predicted octanol–water partition coefficient (Wildman–Crippen LogP) is 4.15. The number of anilines is 1. The van der Waals surface area contributed by atoms with Crippen molar-refractivity contribution in [1.29, 1.82) is 0 Å².